The quantitative estimate of drug-likeness (QED) is 0.419. The maximum absolute atomic E-state index is 12.9. The third kappa shape index (κ3) is 4.52. The first kappa shape index (κ1) is 22.8. The lowest BCUT2D eigenvalue weighted by Crippen LogP contribution is -2.44. The van der Waals surface area contributed by atoms with Crippen molar-refractivity contribution in [2.24, 2.45) is 5.92 Å². The molecule has 5 rings (SSSR count). The van der Waals surface area contributed by atoms with Gasteiger partial charge in [0.2, 0.25) is 5.91 Å². The molecule has 0 unspecified atom stereocenters. The first-order valence-corrected chi connectivity index (χ1v) is 12.8. The van der Waals surface area contributed by atoms with Crippen LogP contribution >= 0.6 is 22.9 Å². The summed E-state index contributed by atoms with van der Waals surface area (Å²) in [5.74, 6) is 0.780. The second-order valence-electron chi connectivity index (χ2n) is 8.71. The van der Waals surface area contributed by atoms with Gasteiger partial charge in [-0.3, -0.25) is 4.79 Å². The molecule has 1 fully saturated rings. The molecule has 4 heterocycles. The van der Waals surface area contributed by atoms with E-state index in [0.717, 1.165) is 59.6 Å². The third-order valence-electron chi connectivity index (χ3n) is 6.40. The molecule has 1 aromatic carbocycles. The van der Waals surface area contributed by atoms with Gasteiger partial charge in [0.15, 0.2) is 5.82 Å². The normalized spacial score (nSPS) is 16.2. The van der Waals surface area contributed by atoms with Crippen molar-refractivity contribution in [3.05, 3.63) is 63.1 Å². The van der Waals surface area contributed by atoms with E-state index in [4.69, 9.17) is 16.7 Å². The van der Waals surface area contributed by atoms with Crippen molar-refractivity contribution in [1.29, 1.82) is 0 Å². The molecule has 1 aliphatic rings. The molecule has 1 N–H and O–H groups in total. The molecule has 0 bridgehead atoms. The van der Waals surface area contributed by atoms with E-state index < -0.39 is 0 Å². The predicted octanol–water partition coefficient (Wildman–Crippen LogP) is 4.72. The summed E-state index contributed by atoms with van der Waals surface area (Å²) in [6.07, 6.45) is 2.67. The molecule has 4 aromatic rings. The van der Waals surface area contributed by atoms with E-state index >= 15 is 0 Å². The van der Waals surface area contributed by atoms with Crippen LogP contribution in [0, 0.1) is 19.8 Å². The lowest BCUT2D eigenvalue weighted by atomic mass is 9.97. The number of piperidine rings is 1. The molecule has 176 valence electrons. The maximum Gasteiger partial charge on any atom is 0.224 e. The van der Waals surface area contributed by atoms with Crippen molar-refractivity contribution < 1.29 is 4.79 Å². The number of nitrogens with one attached hydrogen (secondary N) is 1. The number of hydrogen-bond acceptors (Lipinski definition) is 6. The first-order chi connectivity index (χ1) is 16.5. The number of carbonyl (C=O) groups is 1. The van der Waals surface area contributed by atoms with Crippen molar-refractivity contribution in [2.75, 3.05) is 24.5 Å². The molecule has 1 aliphatic heterocycles. The number of aromatic nitrogens is 4. The zero-order valence-corrected chi connectivity index (χ0v) is 20.9. The fourth-order valence-electron chi connectivity index (χ4n) is 4.65. The molecule has 3 aromatic heterocycles. The number of nitrogens with zero attached hydrogens (tertiary/aromatic N) is 5. The number of halogens is 1. The van der Waals surface area contributed by atoms with E-state index in [0.29, 0.717) is 18.1 Å². The van der Waals surface area contributed by atoms with Crippen molar-refractivity contribution in [2.45, 2.75) is 33.1 Å². The van der Waals surface area contributed by atoms with Crippen molar-refractivity contribution in [1.82, 2.24) is 25.3 Å². The van der Waals surface area contributed by atoms with Gasteiger partial charge in [-0.25, -0.2) is 4.68 Å². The van der Waals surface area contributed by atoms with E-state index in [-0.39, 0.29) is 11.8 Å². The van der Waals surface area contributed by atoms with E-state index in [1.807, 2.05) is 48.9 Å². The molecule has 1 amide bonds. The number of aryl methyl sites for hydroxylation is 2. The highest BCUT2D eigenvalue weighted by Gasteiger charge is 2.29. The number of hydrogen-bond donors (Lipinski definition) is 1. The Morgan fingerprint density at radius 3 is 2.79 bits per heavy atom. The van der Waals surface area contributed by atoms with Crippen LogP contribution in [0.4, 0.5) is 5.82 Å². The molecule has 7 nitrogen and oxygen atoms in total. The minimum atomic E-state index is -0.0744. The number of amides is 1. The topological polar surface area (TPSA) is 75.9 Å². The van der Waals surface area contributed by atoms with E-state index in [1.54, 1.807) is 11.3 Å². The lowest BCUT2D eigenvalue weighted by molar-refractivity contribution is -0.125. The SMILES string of the molecule is Cc1nnc(N2CCC[C@H](C(=O)NCCc3cccs3)C2)c2nn(-c3ccc(Cl)cc3)c(C)c12. The molecule has 0 spiro atoms. The van der Waals surface area contributed by atoms with Crippen molar-refractivity contribution in [3.8, 4) is 5.69 Å². The highest BCUT2D eigenvalue weighted by molar-refractivity contribution is 7.09. The van der Waals surface area contributed by atoms with Gasteiger partial charge in [-0.05, 0) is 68.8 Å². The molecule has 1 saturated heterocycles. The van der Waals surface area contributed by atoms with E-state index in [9.17, 15) is 4.79 Å². The van der Waals surface area contributed by atoms with Crippen LogP contribution in [0.25, 0.3) is 16.6 Å². The van der Waals surface area contributed by atoms with Crippen LogP contribution in [0.5, 0.6) is 0 Å². The second-order valence-corrected chi connectivity index (χ2v) is 10.2. The van der Waals surface area contributed by atoms with Gasteiger partial charge >= 0.3 is 0 Å². The number of thiophene rings is 1. The smallest absolute Gasteiger partial charge is 0.224 e. The highest BCUT2D eigenvalue weighted by atomic mass is 35.5. The van der Waals surface area contributed by atoms with Crippen LogP contribution in [-0.2, 0) is 11.2 Å². The fourth-order valence-corrected chi connectivity index (χ4v) is 5.48. The molecule has 0 saturated carbocycles. The van der Waals surface area contributed by atoms with E-state index in [2.05, 4.69) is 31.9 Å². The Labute approximate surface area is 207 Å². The fraction of sp³-hybridized carbons (Fsp3) is 0.360. The monoisotopic (exact) mass is 494 g/mol. The number of carbonyl (C=O) groups excluding carboxylic acids is 1. The Kier molecular flexibility index (Phi) is 6.52. The average Bonchev–Trinajstić information content (AvgIpc) is 3.48. The van der Waals surface area contributed by atoms with Crippen LogP contribution in [0.2, 0.25) is 5.02 Å². The molecule has 0 radical (unpaired) electrons. The van der Waals surface area contributed by atoms with Gasteiger partial charge < -0.3 is 10.2 Å². The summed E-state index contributed by atoms with van der Waals surface area (Å²) in [5, 5.41) is 20.8. The summed E-state index contributed by atoms with van der Waals surface area (Å²) in [4.78, 5) is 16.3. The van der Waals surface area contributed by atoms with Gasteiger partial charge in [0.1, 0.15) is 5.52 Å². The Morgan fingerprint density at radius 1 is 1.21 bits per heavy atom. The Morgan fingerprint density at radius 2 is 2.03 bits per heavy atom. The van der Waals surface area contributed by atoms with Gasteiger partial charge in [-0.1, -0.05) is 17.7 Å². The molecule has 1 atom stereocenters. The van der Waals surface area contributed by atoms with Gasteiger partial charge in [0.25, 0.3) is 0 Å². The van der Waals surface area contributed by atoms with Crippen LogP contribution < -0.4 is 10.2 Å². The molecule has 9 heteroatoms. The molecule has 34 heavy (non-hydrogen) atoms. The van der Waals surface area contributed by atoms with E-state index in [1.165, 1.54) is 4.88 Å². The van der Waals surface area contributed by atoms with Crippen LogP contribution in [0.15, 0.2) is 41.8 Å². The molecule has 0 aliphatic carbocycles. The number of anilines is 1. The molecular formula is C25H27ClN6OS. The standard InChI is InChI=1S/C25H27ClN6OS/c1-16-22-17(2)32(20-9-7-19(26)8-10-20)30-23(22)24(29-28-16)31-13-3-5-18(15-31)25(33)27-12-11-21-6-4-14-34-21/h4,6-10,14,18H,3,5,11-13,15H2,1-2H3,(H,27,33)/t18-/m0/s1. The Balaban J connectivity index is 1.37. The summed E-state index contributed by atoms with van der Waals surface area (Å²) in [5.41, 5.74) is 3.60. The van der Waals surface area contributed by atoms with Gasteiger partial charge in [0.05, 0.1) is 28.4 Å². The minimum Gasteiger partial charge on any atom is -0.355 e. The zero-order valence-electron chi connectivity index (χ0n) is 19.3. The Bertz CT molecular complexity index is 1300. The summed E-state index contributed by atoms with van der Waals surface area (Å²) in [6.45, 7) is 6.11. The summed E-state index contributed by atoms with van der Waals surface area (Å²) >= 11 is 7.80. The number of rotatable bonds is 6. The number of benzene rings is 1. The van der Waals surface area contributed by atoms with Crippen LogP contribution in [-0.4, -0.2) is 45.5 Å². The third-order valence-corrected chi connectivity index (χ3v) is 7.59. The van der Waals surface area contributed by atoms with Crippen LogP contribution in [0.3, 0.4) is 0 Å². The lowest BCUT2D eigenvalue weighted by Gasteiger charge is -2.32. The van der Waals surface area contributed by atoms with Gasteiger partial charge in [-0.15, -0.1) is 16.4 Å². The van der Waals surface area contributed by atoms with Gasteiger partial charge in [-0.2, -0.15) is 10.2 Å². The van der Waals surface area contributed by atoms with Crippen molar-refractivity contribution in [3.63, 3.8) is 0 Å². The first-order valence-electron chi connectivity index (χ1n) is 11.5. The van der Waals surface area contributed by atoms with Crippen molar-refractivity contribution >= 4 is 45.6 Å². The maximum atomic E-state index is 12.9. The van der Waals surface area contributed by atoms with Gasteiger partial charge in [0, 0.05) is 29.5 Å². The largest absolute Gasteiger partial charge is 0.355 e. The van der Waals surface area contributed by atoms with Crippen LogP contribution in [0.1, 0.15) is 29.1 Å². The average molecular weight is 495 g/mol. The highest BCUT2D eigenvalue weighted by Crippen LogP contribution is 2.31. The summed E-state index contributed by atoms with van der Waals surface area (Å²) in [7, 11) is 0. The molecular weight excluding hydrogens is 468 g/mol. The zero-order chi connectivity index (χ0) is 23.7. The second kappa shape index (κ2) is 9.72. The Hall–Kier alpha value is -2.97. The minimum absolute atomic E-state index is 0.0744. The summed E-state index contributed by atoms with van der Waals surface area (Å²) in [6, 6.07) is 11.8. The number of fused-ring (bicyclic) bond motifs is 1. The summed E-state index contributed by atoms with van der Waals surface area (Å²) < 4.78 is 1.92. The predicted molar refractivity (Wildman–Crippen MR) is 137 cm³/mol.